The fourth-order valence-electron chi connectivity index (χ4n) is 1.08. The third-order valence-electron chi connectivity index (χ3n) is 1.78. The van der Waals surface area contributed by atoms with Gasteiger partial charge in [0.15, 0.2) is 5.11 Å². The van der Waals surface area contributed by atoms with Crippen LogP contribution in [0.2, 0.25) is 0 Å². The Morgan fingerprint density at radius 2 is 2.00 bits per heavy atom. The van der Waals surface area contributed by atoms with Crippen molar-refractivity contribution in [2.45, 2.75) is 6.61 Å². The molecular formula is C10H13F2N3O2S. The van der Waals surface area contributed by atoms with E-state index in [0.717, 1.165) is 0 Å². The van der Waals surface area contributed by atoms with Gasteiger partial charge in [-0.25, -0.2) is 5.43 Å². The lowest BCUT2D eigenvalue weighted by atomic mass is 10.3. The van der Waals surface area contributed by atoms with Crippen LogP contribution in [0.25, 0.3) is 0 Å². The molecule has 0 spiro atoms. The van der Waals surface area contributed by atoms with Crippen molar-refractivity contribution in [1.29, 1.82) is 0 Å². The summed E-state index contributed by atoms with van der Waals surface area (Å²) >= 11 is 4.93. The van der Waals surface area contributed by atoms with E-state index in [2.05, 4.69) is 20.9 Å². The SMILES string of the molecule is OCCNNC(=S)Nc1ccc(OC(F)F)cc1. The van der Waals surface area contributed by atoms with Crippen LogP contribution in [0.15, 0.2) is 24.3 Å². The molecule has 0 aromatic heterocycles. The maximum absolute atomic E-state index is 11.9. The number of alkyl halides is 2. The second-order valence-electron chi connectivity index (χ2n) is 3.13. The van der Waals surface area contributed by atoms with Crippen molar-refractivity contribution in [3.05, 3.63) is 24.3 Å². The summed E-state index contributed by atoms with van der Waals surface area (Å²) in [4.78, 5) is 0. The molecule has 0 aliphatic heterocycles. The third-order valence-corrected chi connectivity index (χ3v) is 1.98. The zero-order valence-corrected chi connectivity index (χ0v) is 10.1. The van der Waals surface area contributed by atoms with Crippen LogP contribution in [0.4, 0.5) is 14.5 Å². The van der Waals surface area contributed by atoms with Gasteiger partial charge >= 0.3 is 6.61 Å². The molecule has 8 heteroatoms. The molecule has 0 aliphatic rings. The van der Waals surface area contributed by atoms with Gasteiger partial charge in [0.2, 0.25) is 0 Å². The lowest BCUT2D eigenvalue weighted by molar-refractivity contribution is -0.0498. The predicted octanol–water partition coefficient (Wildman–Crippen LogP) is 1.07. The number of aliphatic hydroxyl groups excluding tert-OH is 1. The third kappa shape index (κ3) is 5.71. The van der Waals surface area contributed by atoms with Crippen molar-refractivity contribution >= 4 is 23.0 Å². The molecule has 1 aromatic rings. The van der Waals surface area contributed by atoms with E-state index < -0.39 is 6.61 Å². The molecule has 5 nitrogen and oxygen atoms in total. The Bertz CT molecular complexity index is 376. The molecule has 0 amide bonds. The van der Waals surface area contributed by atoms with E-state index in [4.69, 9.17) is 17.3 Å². The average Bonchev–Trinajstić information content (AvgIpc) is 2.31. The van der Waals surface area contributed by atoms with Gasteiger partial charge < -0.3 is 15.2 Å². The van der Waals surface area contributed by atoms with Gasteiger partial charge in [-0.1, -0.05) is 0 Å². The molecule has 4 N–H and O–H groups in total. The van der Waals surface area contributed by atoms with Gasteiger partial charge in [-0.15, -0.1) is 0 Å². The molecular weight excluding hydrogens is 264 g/mol. The predicted molar refractivity (Wildman–Crippen MR) is 67.5 cm³/mol. The second kappa shape index (κ2) is 7.75. The Labute approximate surface area is 108 Å². The van der Waals surface area contributed by atoms with Crippen LogP contribution in [0.5, 0.6) is 5.75 Å². The number of halogens is 2. The summed E-state index contributed by atoms with van der Waals surface area (Å²) in [5, 5.41) is 11.6. The maximum Gasteiger partial charge on any atom is 0.387 e. The van der Waals surface area contributed by atoms with E-state index in [0.29, 0.717) is 17.3 Å². The minimum atomic E-state index is -2.84. The fourth-order valence-corrected chi connectivity index (χ4v) is 1.27. The number of nitrogens with one attached hydrogen (secondary N) is 3. The van der Waals surface area contributed by atoms with Crippen LogP contribution < -0.4 is 20.9 Å². The highest BCUT2D eigenvalue weighted by atomic mass is 32.1. The van der Waals surface area contributed by atoms with Gasteiger partial charge in [0, 0.05) is 12.2 Å². The summed E-state index contributed by atoms with van der Waals surface area (Å²) in [6, 6.07) is 5.91. The Balaban J connectivity index is 2.40. The highest BCUT2D eigenvalue weighted by Crippen LogP contribution is 2.17. The number of hydrogen-bond donors (Lipinski definition) is 4. The Morgan fingerprint density at radius 1 is 1.33 bits per heavy atom. The number of ether oxygens (including phenoxy) is 1. The fraction of sp³-hybridized carbons (Fsp3) is 0.300. The smallest absolute Gasteiger partial charge is 0.387 e. The number of hydrogen-bond acceptors (Lipinski definition) is 4. The quantitative estimate of drug-likeness (QED) is 0.354. The summed E-state index contributed by atoms with van der Waals surface area (Å²) < 4.78 is 28.0. The summed E-state index contributed by atoms with van der Waals surface area (Å²) in [6.07, 6.45) is 0. The van der Waals surface area contributed by atoms with Crippen molar-refractivity contribution in [3.8, 4) is 5.75 Å². The molecule has 0 heterocycles. The Kier molecular flexibility index (Phi) is 6.26. The van der Waals surface area contributed by atoms with Crippen LogP contribution in [0.3, 0.4) is 0 Å². The van der Waals surface area contributed by atoms with E-state index in [1.54, 1.807) is 12.1 Å². The van der Waals surface area contributed by atoms with Crippen LogP contribution in [0, 0.1) is 0 Å². The van der Waals surface area contributed by atoms with Crippen molar-refractivity contribution in [2.24, 2.45) is 0 Å². The molecule has 0 unspecified atom stereocenters. The van der Waals surface area contributed by atoms with Crippen molar-refractivity contribution in [3.63, 3.8) is 0 Å². The topological polar surface area (TPSA) is 65.5 Å². The molecule has 18 heavy (non-hydrogen) atoms. The average molecular weight is 277 g/mol. The van der Waals surface area contributed by atoms with Gasteiger partial charge in [-0.05, 0) is 36.5 Å². The molecule has 1 rings (SSSR count). The monoisotopic (exact) mass is 277 g/mol. The molecule has 1 aromatic carbocycles. The number of thiocarbonyl (C=S) groups is 1. The van der Waals surface area contributed by atoms with E-state index in [-0.39, 0.29) is 12.4 Å². The molecule has 0 aliphatic carbocycles. The molecule has 0 bridgehead atoms. The highest BCUT2D eigenvalue weighted by Gasteiger charge is 2.03. The first kappa shape index (κ1) is 14.6. The summed E-state index contributed by atoms with van der Waals surface area (Å²) in [5.74, 6) is 0.0767. The number of hydrazine groups is 1. The number of anilines is 1. The van der Waals surface area contributed by atoms with Crippen LogP contribution in [-0.4, -0.2) is 30.0 Å². The van der Waals surface area contributed by atoms with Crippen LogP contribution in [-0.2, 0) is 0 Å². The first-order valence-corrected chi connectivity index (χ1v) is 5.48. The summed E-state index contributed by atoms with van der Waals surface area (Å²) in [5.41, 5.74) is 5.93. The minimum Gasteiger partial charge on any atom is -0.435 e. The lowest BCUT2D eigenvalue weighted by Crippen LogP contribution is -2.41. The largest absolute Gasteiger partial charge is 0.435 e. The van der Waals surface area contributed by atoms with Crippen molar-refractivity contribution in [2.75, 3.05) is 18.5 Å². The highest BCUT2D eigenvalue weighted by molar-refractivity contribution is 7.80. The molecule has 0 atom stereocenters. The molecule has 0 saturated heterocycles. The zero-order valence-electron chi connectivity index (χ0n) is 9.32. The van der Waals surface area contributed by atoms with Crippen LogP contribution in [0.1, 0.15) is 0 Å². The first-order chi connectivity index (χ1) is 8.61. The number of rotatable bonds is 6. The Morgan fingerprint density at radius 3 is 2.56 bits per heavy atom. The van der Waals surface area contributed by atoms with Gasteiger partial charge in [-0.2, -0.15) is 8.78 Å². The molecule has 0 fully saturated rings. The van der Waals surface area contributed by atoms with Gasteiger partial charge in [0.25, 0.3) is 0 Å². The van der Waals surface area contributed by atoms with E-state index in [1.165, 1.54) is 12.1 Å². The second-order valence-corrected chi connectivity index (χ2v) is 3.54. The molecule has 0 saturated carbocycles. The maximum atomic E-state index is 11.9. The first-order valence-electron chi connectivity index (χ1n) is 5.07. The Hall–Kier alpha value is -1.51. The minimum absolute atomic E-state index is 0.0186. The normalized spacial score (nSPS) is 10.2. The van der Waals surface area contributed by atoms with Crippen molar-refractivity contribution < 1.29 is 18.6 Å². The lowest BCUT2D eigenvalue weighted by Gasteiger charge is -2.11. The molecule has 100 valence electrons. The number of aliphatic hydroxyl groups is 1. The zero-order chi connectivity index (χ0) is 13.4. The van der Waals surface area contributed by atoms with E-state index in [1.807, 2.05) is 0 Å². The van der Waals surface area contributed by atoms with Crippen molar-refractivity contribution in [1.82, 2.24) is 10.9 Å². The van der Waals surface area contributed by atoms with E-state index in [9.17, 15) is 8.78 Å². The summed E-state index contributed by atoms with van der Waals surface area (Å²) in [7, 11) is 0. The van der Waals surface area contributed by atoms with Crippen LogP contribution >= 0.6 is 12.2 Å². The standard InChI is InChI=1S/C10H13F2N3O2S/c11-9(12)17-8-3-1-7(2-4-8)14-10(18)15-13-5-6-16/h1-4,9,13,16H,5-6H2,(H2,14,15,18). The number of benzene rings is 1. The summed E-state index contributed by atoms with van der Waals surface area (Å²) in [6.45, 7) is -2.51. The van der Waals surface area contributed by atoms with Gasteiger partial charge in [0.05, 0.1) is 6.61 Å². The molecule has 0 radical (unpaired) electrons. The van der Waals surface area contributed by atoms with Gasteiger partial charge in [0.1, 0.15) is 5.75 Å². The van der Waals surface area contributed by atoms with Gasteiger partial charge in [-0.3, -0.25) is 5.43 Å². The van der Waals surface area contributed by atoms with E-state index >= 15 is 0 Å².